The third kappa shape index (κ3) is 1.66. The van der Waals surface area contributed by atoms with Crippen molar-refractivity contribution in [3.63, 3.8) is 0 Å². The molecule has 86 valence electrons. The van der Waals surface area contributed by atoms with Gasteiger partial charge in [-0.25, -0.2) is 5.10 Å². The van der Waals surface area contributed by atoms with Gasteiger partial charge in [-0.1, -0.05) is 0 Å². The Morgan fingerprint density at radius 1 is 1.41 bits per heavy atom. The number of H-pyrrole nitrogens is 1. The van der Waals surface area contributed by atoms with Crippen molar-refractivity contribution in [3.8, 4) is 0 Å². The number of aromatic nitrogens is 2. The molecule has 0 unspecified atom stereocenters. The number of fused-ring (bicyclic) bond motifs is 1. The van der Waals surface area contributed by atoms with E-state index in [1.54, 1.807) is 11.3 Å². The predicted octanol–water partition coefficient (Wildman–Crippen LogP) is 0.666. The molecule has 0 aromatic carbocycles. The summed E-state index contributed by atoms with van der Waals surface area (Å²) >= 11 is 1.61. The lowest BCUT2D eigenvalue weighted by Gasteiger charge is -2.03. The fraction of sp³-hybridized carbons (Fsp3) is 0.182. The van der Waals surface area contributed by atoms with E-state index in [0.717, 1.165) is 16.8 Å². The number of hydrogen-bond acceptors (Lipinski definition) is 4. The minimum atomic E-state index is -0.413. The Labute approximate surface area is 100 Å². The standard InChI is InChI=1S/C11H9N3O2S/c15-10-9-7(4-12-10)8(13-14-11(9)16)3-6-1-2-17-5-6/h1-2,5H,3-4H2,(H,12,15)(H,14,16). The van der Waals surface area contributed by atoms with Crippen LogP contribution in [-0.2, 0) is 13.0 Å². The van der Waals surface area contributed by atoms with E-state index < -0.39 is 5.56 Å². The number of nitrogens with one attached hydrogen (secondary N) is 2. The maximum absolute atomic E-state index is 11.5. The molecule has 1 aliphatic rings. The van der Waals surface area contributed by atoms with Crippen molar-refractivity contribution in [2.75, 3.05) is 0 Å². The number of amides is 1. The van der Waals surface area contributed by atoms with Crippen molar-refractivity contribution in [1.29, 1.82) is 0 Å². The van der Waals surface area contributed by atoms with Gasteiger partial charge in [0, 0.05) is 18.5 Å². The average Bonchev–Trinajstić information content (AvgIpc) is 2.93. The number of nitrogens with zero attached hydrogens (tertiary/aromatic N) is 1. The number of hydrogen-bond donors (Lipinski definition) is 2. The summed E-state index contributed by atoms with van der Waals surface area (Å²) in [5.74, 6) is -0.310. The van der Waals surface area contributed by atoms with Crippen LogP contribution in [0.3, 0.4) is 0 Å². The van der Waals surface area contributed by atoms with Gasteiger partial charge in [-0.2, -0.15) is 16.4 Å². The molecule has 2 aromatic heterocycles. The van der Waals surface area contributed by atoms with Crippen molar-refractivity contribution >= 4 is 17.2 Å². The Balaban J connectivity index is 2.08. The van der Waals surface area contributed by atoms with Gasteiger partial charge in [-0.05, 0) is 22.4 Å². The average molecular weight is 247 g/mol. The first-order chi connectivity index (χ1) is 8.25. The van der Waals surface area contributed by atoms with Crippen LogP contribution in [-0.4, -0.2) is 16.1 Å². The van der Waals surface area contributed by atoms with Crippen LogP contribution in [0.5, 0.6) is 0 Å². The number of carbonyl (C=O) groups is 1. The Bertz CT molecular complexity index is 631. The number of thiophene rings is 1. The van der Waals surface area contributed by atoms with Crippen LogP contribution in [0.1, 0.15) is 27.2 Å². The summed E-state index contributed by atoms with van der Waals surface area (Å²) in [5.41, 5.74) is 2.42. The third-order valence-corrected chi connectivity index (χ3v) is 3.51. The van der Waals surface area contributed by atoms with Crippen molar-refractivity contribution in [2.45, 2.75) is 13.0 Å². The van der Waals surface area contributed by atoms with E-state index in [1.807, 2.05) is 16.8 Å². The molecule has 2 N–H and O–H groups in total. The summed E-state index contributed by atoms with van der Waals surface area (Å²) in [7, 11) is 0. The Kier molecular flexibility index (Phi) is 2.29. The molecule has 0 aliphatic carbocycles. The molecule has 0 atom stereocenters. The van der Waals surface area contributed by atoms with Gasteiger partial charge < -0.3 is 5.32 Å². The monoisotopic (exact) mass is 247 g/mol. The zero-order valence-corrected chi connectivity index (χ0v) is 9.63. The second kappa shape index (κ2) is 3.81. The smallest absolute Gasteiger partial charge is 0.277 e. The van der Waals surface area contributed by atoms with Crippen LogP contribution < -0.4 is 10.9 Å². The van der Waals surface area contributed by atoms with E-state index in [1.165, 1.54) is 0 Å². The predicted molar refractivity (Wildman–Crippen MR) is 63.2 cm³/mol. The Morgan fingerprint density at radius 2 is 2.29 bits per heavy atom. The summed E-state index contributed by atoms with van der Waals surface area (Å²) < 4.78 is 0. The molecule has 1 amide bonds. The topological polar surface area (TPSA) is 74.8 Å². The summed E-state index contributed by atoms with van der Waals surface area (Å²) in [4.78, 5) is 23.0. The fourth-order valence-electron chi connectivity index (χ4n) is 1.94. The van der Waals surface area contributed by atoms with Gasteiger partial charge in [0.05, 0.1) is 5.69 Å². The highest BCUT2D eigenvalue weighted by Gasteiger charge is 2.26. The molecule has 6 heteroatoms. The second-order valence-electron chi connectivity index (χ2n) is 3.84. The normalized spacial score (nSPS) is 13.5. The quantitative estimate of drug-likeness (QED) is 0.819. The van der Waals surface area contributed by atoms with Crippen molar-refractivity contribution < 1.29 is 4.79 Å². The first kappa shape index (κ1) is 10.2. The van der Waals surface area contributed by atoms with Crippen LogP contribution >= 0.6 is 11.3 Å². The number of aromatic amines is 1. The van der Waals surface area contributed by atoms with E-state index in [-0.39, 0.29) is 11.5 Å². The Hall–Kier alpha value is -1.95. The van der Waals surface area contributed by atoms with Crippen molar-refractivity contribution in [3.05, 3.63) is 49.6 Å². The van der Waals surface area contributed by atoms with Crippen LogP contribution in [0.25, 0.3) is 0 Å². The molecule has 0 saturated carbocycles. The summed E-state index contributed by atoms with van der Waals surface area (Å²) in [6.07, 6.45) is 0.636. The lowest BCUT2D eigenvalue weighted by atomic mass is 10.1. The van der Waals surface area contributed by atoms with E-state index in [2.05, 4.69) is 15.5 Å². The SMILES string of the molecule is O=C1NCc2c(Cc3ccsc3)n[nH]c(=O)c21. The molecule has 0 radical (unpaired) electrons. The van der Waals surface area contributed by atoms with Gasteiger partial charge in [0.15, 0.2) is 0 Å². The van der Waals surface area contributed by atoms with Crippen LogP contribution in [0, 0.1) is 0 Å². The first-order valence-corrected chi connectivity index (χ1v) is 6.09. The van der Waals surface area contributed by atoms with E-state index >= 15 is 0 Å². The zero-order chi connectivity index (χ0) is 11.8. The largest absolute Gasteiger partial charge is 0.348 e. The minimum Gasteiger partial charge on any atom is -0.348 e. The molecule has 0 fully saturated rings. The maximum Gasteiger partial charge on any atom is 0.277 e. The van der Waals surface area contributed by atoms with Gasteiger partial charge in [0.2, 0.25) is 0 Å². The molecule has 3 heterocycles. The molecule has 0 spiro atoms. The highest BCUT2D eigenvalue weighted by atomic mass is 32.1. The lowest BCUT2D eigenvalue weighted by molar-refractivity contribution is 0.0964. The van der Waals surface area contributed by atoms with Gasteiger partial charge >= 0.3 is 0 Å². The van der Waals surface area contributed by atoms with E-state index in [0.29, 0.717) is 13.0 Å². The zero-order valence-electron chi connectivity index (χ0n) is 8.82. The molecule has 5 nitrogen and oxygen atoms in total. The first-order valence-electron chi connectivity index (χ1n) is 5.15. The van der Waals surface area contributed by atoms with Gasteiger partial charge in [0.25, 0.3) is 11.5 Å². The van der Waals surface area contributed by atoms with Crippen molar-refractivity contribution in [2.24, 2.45) is 0 Å². The van der Waals surface area contributed by atoms with E-state index in [9.17, 15) is 9.59 Å². The molecule has 0 bridgehead atoms. The van der Waals surface area contributed by atoms with Crippen LogP contribution in [0.2, 0.25) is 0 Å². The van der Waals surface area contributed by atoms with Gasteiger partial charge in [-0.3, -0.25) is 9.59 Å². The van der Waals surface area contributed by atoms with Gasteiger partial charge in [0.1, 0.15) is 5.56 Å². The van der Waals surface area contributed by atoms with E-state index in [4.69, 9.17) is 0 Å². The summed E-state index contributed by atoms with van der Waals surface area (Å²) in [6, 6.07) is 2.01. The molecule has 3 rings (SSSR count). The van der Waals surface area contributed by atoms with Crippen LogP contribution in [0.4, 0.5) is 0 Å². The van der Waals surface area contributed by atoms with Gasteiger partial charge in [-0.15, -0.1) is 0 Å². The summed E-state index contributed by atoms with van der Waals surface area (Å²) in [6.45, 7) is 0.393. The molecule has 1 aliphatic heterocycles. The van der Waals surface area contributed by atoms with Crippen molar-refractivity contribution in [1.82, 2.24) is 15.5 Å². The molecule has 17 heavy (non-hydrogen) atoms. The molecule has 2 aromatic rings. The molecular formula is C11H9N3O2S. The molecular weight excluding hydrogens is 238 g/mol. The lowest BCUT2D eigenvalue weighted by Crippen LogP contribution is -2.22. The highest BCUT2D eigenvalue weighted by molar-refractivity contribution is 7.07. The Morgan fingerprint density at radius 3 is 3.06 bits per heavy atom. The number of rotatable bonds is 2. The second-order valence-corrected chi connectivity index (χ2v) is 4.62. The number of carbonyl (C=O) groups excluding carboxylic acids is 1. The third-order valence-electron chi connectivity index (χ3n) is 2.77. The highest BCUT2D eigenvalue weighted by Crippen LogP contribution is 2.18. The molecule has 0 saturated heterocycles. The maximum atomic E-state index is 11.5. The van der Waals surface area contributed by atoms with Crippen LogP contribution in [0.15, 0.2) is 21.6 Å². The summed E-state index contributed by atoms with van der Waals surface area (Å²) in [5, 5.41) is 13.1. The minimum absolute atomic E-state index is 0.213. The fourth-order valence-corrected chi connectivity index (χ4v) is 2.61.